The number of aliphatic imine (C=N–C) groups is 1. The van der Waals surface area contributed by atoms with Gasteiger partial charge in [0.15, 0.2) is 0 Å². The number of nitrogens with zero attached hydrogens (tertiary/aromatic N) is 2. The van der Waals surface area contributed by atoms with Crippen LogP contribution in [0, 0.1) is 6.92 Å². The maximum absolute atomic E-state index is 11.4. The second-order valence-corrected chi connectivity index (χ2v) is 8.33. The molecule has 188 valence electrons. The standard InChI is InChI=1S/C16H26N4OS.C10H14.C2H4/c1-6-8-20(9-7-2)16(19-12(4)18-5)14-11(3)10-13(22-14)15(17)21;1-5-7-10(4)8-9(3)6-2;1-2/h10,18H,4,6-9H2,1-3,5H3,(H2,17,21);5-8H,2-3H2,1,4H3;1-2H2/b19-16+;7-5-,10-8-;. The third-order valence-electron chi connectivity index (χ3n) is 4.28. The zero-order valence-corrected chi connectivity index (χ0v) is 22.9. The highest BCUT2D eigenvalue weighted by molar-refractivity contribution is 7.16. The highest BCUT2D eigenvalue weighted by Gasteiger charge is 2.19. The molecule has 34 heavy (non-hydrogen) atoms. The molecular formula is C28H44N4OS. The Bertz CT molecular complexity index is 884. The summed E-state index contributed by atoms with van der Waals surface area (Å²) in [5.74, 6) is 1.06. The fourth-order valence-electron chi connectivity index (χ4n) is 2.80. The second-order valence-electron chi connectivity index (χ2n) is 7.27. The van der Waals surface area contributed by atoms with Crippen molar-refractivity contribution in [2.75, 3.05) is 20.1 Å². The number of amides is 1. The average Bonchev–Trinajstić information content (AvgIpc) is 3.20. The Morgan fingerprint density at radius 2 is 1.79 bits per heavy atom. The molecule has 0 aromatic carbocycles. The summed E-state index contributed by atoms with van der Waals surface area (Å²) in [7, 11) is 1.80. The molecule has 0 saturated carbocycles. The first-order chi connectivity index (χ1) is 16.1. The highest BCUT2D eigenvalue weighted by Crippen LogP contribution is 2.24. The maximum atomic E-state index is 11.4. The van der Waals surface area contributed by atoms with Crippen molar-refractivity contribution < 1.29 is 4.79 Å². The van der Waals surface area contributed by atoms with Gasteiger partial charge in [-0.3, -0.25) is 4.79 Å². The van der Waals surface area contributed by atoms with Gasteiger partial charge in [0.1, 0.15) is 11.7 Å². The minimum Gasteiger partial charge on any atom is -0.374 e. The van der Waals surface area contributed by atoms with Gasteiger partial charge in [0, 0.05) is 20.1 Å². The molecule has 0 aliphatic rings. The number of primary amides is 1. The average molecular weight is 485 g/mol. The van der Waals surface area contributed by atoms with Crippen LogP contribution in [0.15, 0.2) is 85.2 Å². The highest BCUT2D eigenvalue weighted by atomic mass is 32.1. The number of nitrogens with one attached hydrogen (secondary N) is 1. The predicted octanol–water partition coefficient (Wildman–Crippen LogP) is 6.77. The summed E-state index contributed by atoms with van der Waals surface area (Å²) >= 11 is 1.39. The predicted molar refractivity (Wildman–Crippen MR) is 154 cm³/mol. The molecule has 0 radical (unpaired) electrons. The molecule has 0 saturated heterocycles. The molecular weight excluding hydrogens is 440 g/mol. The lowest BCUT2D eigenvalue weighted by Crippen LogP contribution is -2.33. The second kappa shape index (κ2) is 19.4. The molecule has 0 bridgehead atoms. The van der Waals surface area contributed by atoms with Gasteiger partial charge >= 0.3 is 0 Å². The lowest BCUT2D eigenvalue weighted by atomic mass is 10.2. The molecule has 1 aromatic heterocycles. The monoisotopic (exact) mass is 484 g/mol. The van der Waals surface area contributed by atoms with E-state index in [-0.39, 0.29) is 0 Å². The van der Waals surface area contributed by atoms with Crippen LogP contribution in [0.4, 0.5) is 0 Å². The fraction of sp³-hybridized carbons (Fsp3) is 0.357. The molecule has 0 atom stereocenters. The molecule has 0 fully saturated rings. The SMILES string of the molecule is C=C.C=C(/N=C(\c1sc(C(N)=O)cc1C)N(CCC)CCC)NC.C=CC(=C)/C=C(C)\C=C/C. The molecule has 0 aliphatic carbocycles. The largest absolute Gasteiger partial charge is 0.374 e. The quantitative estimate of drug-likeness (QED) is 0.158. The van der Waals surface area contributed by atoms with E-state index in [0.29, 0.717) is 10.7 Å². The summed E-state index contributed by atoms with van der Waals surface area (Å²) in [5, 5.41) is 2.96. The van der Waals surface area contributed by atoms with Gasteiger partial charge in [-0.2, -0.15) is 0 Å². The first-order valence-corrected chi connectivity index (χ1v) is 12.2. The minimum atomic E-state index is -0.399. The lowest BCUT2D eigenvalue weighted by molar-refractivity contribution is 0.100. The van der Waals surface area contributed by atoms with Crippen LogP contribution in [-0.4, -0.2) is 36.8 Å². The van der Waals surface area contributed by atoms with Gasteiger partial charge in [0.2, 0.25) is 0 Å². The van der Waals surface area contributed by atoms with Crippen LogP contribution in [0.3, 0.4) is 0 Å². The molecule has 1 aromatic rings. The number of rotatable bonds is 11. The summed E-state index contributed by atoms with van der Waals surface area (Å²) in [4.78, 5) is 19.8. The van der Waals surface area contributed by atoms with Crippen molar-refractivity contribution in [1.29, 1.82) is 0 Å². The summed E-state index contributed by atoms with van der Waals surface area (Å²) in [6.45, 7) is 29.4. The topological polar surface area (TPSA) is 70.7 Å². The number of carbonyl (C=O) groups excluding carboxylic acids is 1. The minimum absolute atomic E-state index is 0.399. The number of hydrogen-bond acceptors (Lipinski definition) is 4. The van der Waals surface area contributed by atoms with Crippen LogP contribution in [0.1, 0.15) is 60.6 Å². The van der Waals surface area contributed by atoms with Crippen molar-refractivity contribution in [1.82, 2.24) is 10.2 Å². The van der Waals surface area contributed by atoms with Gasteiger partial charge in [-0.05, 0) is 50.8 Å². The molecule has 1 rings (SSSR count). The van der Waals surface area contributed by atoms with Crippen molar-refractivity contribution in [3.8, 4) is 0 Å². The maximum Gasteiger partial charge on any atom is 0.258 e. The van der Waals surface area contributed by atoms with Crippen molar-refractivity contribution in [2.24, 2.45) is 10.7 Å². The van der Waals surface area contributed by atoms with E-state index in [0.717, 1.165) is 47.8 Å². The molecule has 0 aliphatic heterocycles. The van der Waals surface area contributed by atoms with Gasteiger partial charge in [0.05, 0.1) is 9.75 Å². The summed E-state index contributed by atoms with van der Waals surface area (Å²) < 4.78 is 0. The van der Waals surface area contributed by atoms with Crippen molar-refractivity contribution in [3.63, 3.8) is 0 Å². The third kappa shape index (κ3) is 12.8. The molecule has 5 nitrogen and oxygen atoms in total. The first kappa shape index (κ1) is 33.1. The molecule has 0 spiro atoms. The van der Waals surface area contributed by atoms with Gasteiger partial charge in [-0.1, -0.05) is 63.5 Å². The van der Waals surface area contributed by atoms with Gasteiger partial charge in [-0.15, -0.1) is 24.5 Å². The van der Waals surface area contributed by atoms with Crippen molar-refractivity contribution in [2.45, 2.75) is 47.5 Å². The van der Waals surface area contributed by atoms with Crippen LogP contribution < -0.4 is 11.1 Å². The van der Waals surface area contributed by atoms with E-state index in [1.165, 1.54) is 16.9 Å². The smallest absolute Gasteiger partial charge is 0.258 e. The number of aryl methyl sites for hydroxylation is 1. The normalized spacial score (nSPS) is 11.0. The summed E-state index contributed by atoms with van der Waals surface area (Å²) in [6, 6.07) is 1.83. The van der Waals surface area contributed by atoms with E-state index >= 15 is 0 Å². The lowest BCUT2D eigenvalue weighted by Gasteiger charge is -2.25. The number of carbonyl (C=O) groups is 1. The molecule has 1 amide bonds. The number of amidine groups is 1. The number of hydrogen-bond donors (Lipinski definition) is 2. The van der Waals surface area contributed by atoms with Crippen LogP contribution in [0.5, 0.6) is 0 Å². The number of thiophene rings is 1. The van der Waals surface area contributed by atoms with E-state index in [9.17, 15) is 4.79 Å². The molecule has 6 heteroatoms. The zero-order chi connectivity index (χ0) is 26.7. The Hall–Kier alpha value is -3.12. The molecule has 3 N–H and O–H groups in total. The summed E-state index contributed by atoms with van der Waals surface area (Å²) in [6.07, 6.45) is 9.83. The van der Waals surface area contributed by atoms with Gasteiger partial charge < -0.3 is 16.0 Å². The number of allylic oxidation sites excluding steroid dienone is 6. The Morgan fingerprint density at radius 1 is 1.24 bits per heavy atom. The van der Waals surface area contributed by atoms with Crippen LogP contribution in [0.25, 0.3) is 0 Å². The van der Waals surface area contributed by atoms with E-state index in [2.05, 4.69) is 62.0 Å². The molecule has 0 unspecified atom stereocenters. The van der Waals surface area contributed by atoms with E-state index in [4.69, 9.17) is 5.73 Å². The Balaban J connectivity index is 0. The number of nitrogens with two attached hydrogens (primary N) is 1. The Labute approximate surface area is 211 Å². The van der Waals surface area contributed by atoms with Crippen LogP contribution in [-0.2, 0) is 0 Å². The summed E-state index contributed by atoms with van der Waals surface area (Å²) in [5.41, 5.74) is 8.57. The van der Waals surface area contributed by atoms with E-state index in [1.807, 2.05) is 45.1 Å². The van der Waals surface area contributed by atoms with E-state index in [1.54, 1.807) is 13.1 Å². The first-order valence-electron chi connectivity index (χ1n) is 11.4. The third-order valence-corrected chi connectivity index (χ3v) is 5.53. The van der Waals surface area contributed by atoms with E-state index < -0.39 is 5.91 Å². The van der Waals surface area contributed by atoms with Crippen LogP contribution in [0.2, 0.25) is 0 Å². The van der Waals surface area contributed by atoms with Gasteiger partial charge in [-0.25, -0.2) is 4.99 Å². The van der Waals surface area contributed by atoms with Crippen LogP contribution >= 0.6 is 11.3 Å². The van der Waals surface area contributed by atoms with Gasteiger partial charge in [0.25, 0.3) is 5.91 Å². The zero-order valence-electron chi connectivity index (χ0n) is 22.0. The Morgan fingerprint density at radius 3 is 2.18 bits per heavy atom. The Kier molecular flexibility index (Phi) is 18.8. The van der Waals surface area contributed by atoms with Crippen molar-refractivity contribution >= 4 is 23.1 Å². The van der Waals surface area contributed by atoms with Crippen molar-refractivity contribution in [3.05, 3.63) is 95.6 Å². The molecule has 1 heterocycles. The fourth-order valence-corrected chi connectivity index (χ4v) is 3.84.